The van der Waals surface area contributed by atoms with Crippen LogP contribution in [0.15, 0.2) is 0 Å². The normalized spacial score (nSPS) is 10.4. The Labute approximate surface area is 397 Å². The van der Waals surface area contributed by atoms with Gasteiger partial charge in [0.2, 0.25) is 0 Å². The molecule has 55 heavy (non-hydrogen) atoms. The molecule has 328 valence electrons. The molecule has 0 aromatic carbocycles. The Bertz CT molecular complexity index is 616. The predicted octanol–water partition coefficient (Wildman–Crippen LogP) is 16.4. The van der Waals surface area contributed by atoms with Crippen LogP contribution in [0.1, 0.15) is 259 Å². The van der Waals surface area contributed by atoms with Crippen molar-refractivity contribution in [3.63, 3.8) is 0 Å². The van der Waals surface area contributed by atoms with Crippen molar-refractivity contribution >= 4 is 85.3 Å². The molecule has 0 saturated carbocycles. The molecule has 0 amide bonds. The molecule has 0 unspecified atom stereocenters. The maximum atomic E-state index is 5.28. The molecule has 0 aliphatic carbocycles. The summed E-state index contributed by atoms with van der Waals surface area (Å²) in [6.45, 7) is 13.4. The maximum Gasteiger partial charge on any atom is 6.00 e. The van der Waals surface area contributed by atoms with E-state index >= 15 is 0 Å². The molecule has 0 aromatic rings. The Balaban J connectivity index is -0.000000287. The second-order valence-electron chi connectivity index (χ2n) is 15.8. The van der Waals surface area contributed by atoms with E-state index in [1.54, 1.807) is 0 Å². The van der Waals surface area contributed by atoms with Gasteiger partial charge >= 0.3 is 21.1 Å². The quantitative estimate of drug-likeness (QED) is 0.0259. The second kappa shape index (κ2) is 57.7. The molecule has 9 heteroatoms. The molecular formula is C46H92MoN2S6. The first-order valence-electron chi connectivity index (χ1n) is 23.4. The number of rotatable bonds is 40. The summed E-state index contributed by atoms with van der Waals surface area (Å²) in [4.78, 5) is 4.54. The number of thiocarbonyl (C=S) groups is 2. The molecule has 0 bridgehead atoms. The smallest absolute Gasteiger partial charge is 2.00 e. The molecule has 0 N–H and O–H groups in total. The average Bonchev–Trinajstić information content (AvgIpc) is 3.13. The fraction of sp³-hybridized carbons (Fsp3) is 0.957. The van der Waals surface area contributed by atoms with Crippen molar-refractivity contribution in [2.45, 2.75) is 259 Å². The number of nitrogens with zero attached hydrogens (tertiary/aromatic N) is 2. The molecule has 0 atom stereocenters. The topological polar surface area (TPSA) is 6.48 Å². The average molecular weight is 962 g/mol. The van der Waals surface area contributed by atoms with Crippen LogP contribution < -0.4 is 0 Å². The predicted molar refractivity (Wildman–Crippen MR) is 267 cm³/mol. The van der Waals surface area contributed by atoms with Gasteiger partial charge in [-0.2, -0.15) is 0 Å². The van der Waals surface area contributed by atoms with Crippen LogP contribution in [-0.4, -0.2) is 44.6 Å². The molecular weight excluding hydrogens is 869 g/mol. The minimum Gasteiger partial charge on any atom is -2.00 e. The van der Waals surface area contributed by atoms with E-state index in [0.717, 1.165) is 26.2 Å². The Hall–Kier alpha value is 1.61. The minimum absolute atomic E-state index is 0. The first-order valence-corrected chi connectivity index (χ1v) is 25.0. The van der Waals surface area contributed by atoms with Gasteiger partial charge in [-0.1, -0.05) is 242 Å². The van der Waals surface area contributed by atoms with Crippen LogP contribution in [0.25, 0.3) is 0 Å². The Morgan fingerprint density at radius 3 is 0.545 bits per heavy atom. The van der Waals surface area contributed by atoms with E-state index in [-0.39, 0.29) is 48.1 Å². The molecule has 0 radical (unpaired) electrons. The van der Waals surface area contributed by atoms with Gasteiger partial charge in [0.25, 0.3) is 0 Å². The van der Waals surface area contributed by atoms with Gasteiger partial charge < -0.3 is 86.5 Å². The monoisotopic (exact) mass is 962 g/mol. The van der Waals surface area contributed by atoms with E-state index in [4.69, 9.17) is 49.7 Å². The van der Waals surface area contributed by atoms with Gasteiger partial charge in [0.15, 0.2) is 0 Å². The summed E-state index contributed by atoms with van der Waals surface area (Å²) in [5, 5.41) is 0. The summed E-state index contributed by atoms with van der Waals surface area (Å²) in [7, 11) is 0. The van der Waals surface area contributed by atoms with E-state index in [2.05, 4.69) is 37.5 Å². The van der Waals surface area contributed by atoms with Crippen LogP contribution in [-0.2, 0) is 73.3 Å². The molecule has 0 saturated heterocycles. The SMILES string of the molecule is CCCCCCCCCCCN(CCCCCCCCCCC)C(=S)[S-].CCCCCCCCCCCN(CCCCCCCCCCC)C(=S)[S-].[Mo+6].[S-2].[S-2]. The standard InChI is InChI=1S/2C23H47NS2.Mo.2S/c2*1-3-5-7-9-11-13-15-17-19-21-24(23(25)26)22-20-18-16-14-12-10-8-6-4-2;;;/h2*3-22H2,1-2H3,(H,25,26);;;/q;;+6;2*-2/p-2. The third-order valence-corrected chi connectivity index (χ3v) is 11.7. The Morgan fingerprint density at radius 2 is 0.418 bits per heavy atom. The van der Waals surface area contributed by atoms with Crippen LogP contribution in [0.4, 0.5) is 0 Å². The van der Waals surface area contributed by atoms with Crippen molar-refractivity contribution in [2.24, 2.45) is 0 Å². The number of unbranched alkanes of at least 4 members (excludes halogenated alkanes) is 32. The van der Waals surface area contributed by atoms with Gasteiger partial charge in [-0.05, 0) is 25.7 Å². The molecule has 0 aromatic heterocycles. The van der Waals surface area contributed by atoms with E-state index in [0.29, 0.717) is 8.64 Å². The van der Waals surface area contributed by atoms with Crippen LogP contribution in [0.3, 0.4) is 0 Å². The van der Waals surface area contributed by atoms with Crippen LogP contribution in [0.5, 0.6) is 0 Å². The zero-order valence-electron chi connectivity index (χ0n) is 37.0. The summed E-state index contributed by atoms with van der Waals surface area (Å²) in [5.41, 5.74) is 0. The van der Waals surface area contributed by atoms with Gasteiger partial charge in [0.05, 0.1) is 0 Å². The van der Waals surface area contributed by atoms with Gasteiger partial charge in [0.1, 0.15) is 0 Å². The first-order chi connectivity index (χ1) is 25.4. The van der Waals surface area contributed by atoms with E-state index < -0.39 is 0 Å². The van der Waals surface area contributed by atoms with Crippen molar-refractivity contribution < 1.29 is 21.1 Å². The summed E-state index contributed by atoms with van der Waals surface area (Å²) >= 11 is 21.1. The van der Waals surface area contributed by atoms with Gasteiger partial charge in [-0.3, -0.25) is 0 Å². The van der Waals surface area contributed by atoms with Crippen LogP contribution in [0.2, 0.25) is 0 Å². The number of hydrogen-bond acceptors (Lipinski definition) is 4. The fourth-order valence-corrected chi connectivity index (χ4v) is 7.77. The maximum absolute atomic E-state index is 5.28. The molecule has 2 nitrogen and oxygen atoms in total. The minimum atomic E-state index is 0. The van der Waals surface area contributed by atoms with E-state index in [1.165, 1.54) is 231 Å². The first kappa shape index (κ1) is 65.7. The van der Waals surface area contributed by atoms with Gasteiger partial charge in [-0.15, -0.1) is 0 Å². The van der Waals surface area contributed by atoms with Crippen LogP contribution >= 0.6 is 24.4 Å². The van der Waals surface area contributed by atoms with Gasteiger partial charge in [-0.25, -0.2) is 0 Å². The Morgan fingerprint density at radius 1 is 0.291 bits per heavy atom. The Kier molecular flexibility index (Phi) is 69.0. The zero-order valence-corrected chi connectivity index (χ0v) is 43.9. The fourth-order valence-electron chi connectivity index (χ4n) is 7.04. The third kappa shape index (κ3) is 55.6. The largest absolute Gasteiger partial charge is 6.00 e. The summed E-state index contributed by atoms with van der Waals surface area (Å²) in [6, 6.07) is 0. The van der Waals surface area contributed by atoms with Gasteiger partial charge in [0, 0.05) is 26.2 Å². The summed E-state index contributed by atoms with van der Waals surface area (Å²) in [5.74, 6) is 0. The molecule has 0 fully saturated rings. The van der Waals surface area contributed by atoms with E-state index in [1.807, 2.05) is 0 Å². The second-order valence-corrected chi connectivity index (χ2v) is 17.9. The number of hydrogen-bond donors (Lipinski definition) is 0. The van der Waals surface area contributed by atoms with Crippen molar-refractivity contribution in [3.8, 4) is 0 Å². The molecule has 0 heterocycles. The zero-order chi connectivity index (χ0) is 38.6. The summed E-state index contributed by atoms with van der Waals surface area (Å²) in [6.07, 6.45) is 49.5. The van der Waals surface area contributed by atoms with Crippen molar-refractivity contribution in [3.05, 3.63) is 0 Å². The van der Waals surface area contributed by atoms with Crippen molar-refractivity contribution in [1.82, 2.24) is 9.80 Å². The van der Waals surface area contributed by atoms with Crippen molar-refractivity contribution in [2.75, 3.05) is 26.2 Å². The van der Waals surface area contributed by atoms with E-state index in [9.17, 15) is 0 Å². The van der Waals surface area contributed by atoms with Crippen LogP contribution in [0, 0.1) is 0 Å². The summed E-state index contributed by atoms with van der Waals surface area (Å²) < 4.78 is 1.37. The molecule has 0 rings (SSSR count). The van der Waals surface area contributed by atoms with Crippen molar-refractivity contribution in [1.29, 1.82) is 0 Å². The molecule has 0 aliphatic heterocycles. The third-order valence-electron chi connectivity index (χ3n) is 10.6. The molecule has 0 aliphatic rings. The molecule has 0 spiro atoms.